The number of hydrogen-bond donors (Lipinski definition) is 1. The number of amides is 1. The Hall–Kier alpha value is -2.72. The Kier molecular flexibility index (Phi) is 6.75. The van der Waals surface area contributed by atoms with E-state index in [0.29, 0.717) is 0 Å². The molecule has 1 atom stereocenters. The van der Waals surface area contributed by atoms with Gasteiger partial charge in [0.25, 0.3) is 5.91 Å². The zero-order valence-corrected chi connectivity index (χ0v) is 18.1. The first-order chi connectivity index (χ1) is 14.7. The summed E-state index contributed by atoms with van der Waals surface area (Å²) in [4.78, 5) is 13.9. The number of carbonyl (C=O) groups is 1. The number of aryl methyl sites for hydroxylation is 1. The minimum atomic E-state index is -0.549. The molecule has 0 aromatic heterocycles. The van der Waals surface area contributed by atoms with Gasteiger partial charge in [-0.2, -0.15) is 0 Å². The molecule has 3 aromatic rings. The third kappa shape index (κ3) is 5.25. The van der Waals surface area contributed by atoms with Gasteiger partial charge in [0.1, 0.15) is 5.75 Å². The van der Waals surface area contributed by atoms with E-state index in [4.69, 9.17) is 4.74 Å². The van der Waals surface area contributed by atoms with Crippen molar-refractivity contribution >= 4 is 23.4 Å². The van der Waals surface area contributed by atoms with Crippen molar-refractivity contribution in [3.63, 3.8) is 0 Å². The SMILES string of the molecule is CC(Oc1cccc2c1CCCC2)C(=O)Nc1ccc(CSc2ccccc2)cc1. The number of rotatable bonds is 7. The molecule has 3 aromatic carbocycles. The van der Waals surface area contributed by atoms with Gasteiger partial charge in [0, 0.05) is 16.3 Å². The molecule has 1 amide bonds. The van der Waals surface area contributed by atoms with E-state index in [1.165, 1.54) is 34.4 Å². The monoisotopic (exact) mass is 417 g/mol. The van der Waals surface area contributed by atoms with Crippen LogP contribution in [0.25, 0.3) is 0 Å². The predicted molar refractivity (Wildman–Crippen MR) is 124 cm³/mol. The fraction of sp³-hybridized carbons (Fsp3) is 0.269. The van der Waals surface area contributed by atoms with Crippen molar-refractivity contribution in [3.05, 3.63) is 89.5 Å². The minimum absolute atomic E-state index is 0.130. The number of hydrogen-bond acceptors (Lipinski definition) is 3. The third-order valence-electron chi connectivity index (χ3n) is 5.40. The largest absolute Gasteiger partial charge is 0.481 e. The van der Waals surface area contributed by atoms with Crippen LogP contribution in [0.3, 0.4) is 0 Å². The molecule has 0 saturated carbocycles. The normalized spacial score (nSPS) is 13.9. The predicted octanol–water partition coefficient (Wildman–Crippen LogP) is 6.26. The summed E-state index contributed by atoms with van der Waals surface area (Å²) in [5, 5.41) is 2.97. The molecule has 1 aliphatic carbocycles. The number of anilines is 1. The molecule has 0 fully saturated rings. The van der Waals surface area contributed by atoms with Gasteiger partial charge in [0.15, 0.2) is 6.10 Å². The molecule has 154 valence electrons. The Morgan fingerprint density at radius 2 is 1.73 bits per heavy atom. The van der Waals surface area contributed by atoms with Crippen molar-refractivity contribution in [2.45, 2.75) is 49.4 Å². The van der Waals surface area contributed by atoms with Crippen molar-refractivity contribution in [1.82, 2.24) is 0 Å². The average Bonchev–Trinajstić information content (AvgIpc) is 2.79. The average molecular weight is 418 g/mol. The van der Waals surface area contributed by atoms with E-state index in [1.807, 2.05) is 37.3 Å². The first-order valence-corrected chi connectivity index (χ1v) is 11.5. The summed E-state index contributed by atoms with van der Waals surface area (Å²) in [6.07, 6.45) is 3.99. The van der Waals surface area contributed by atoms with Crippen LogP contribution in [0.1, 0.15) is 36.5 Å². The van der Waals surface area contributed by atoms with E-state index in [0.717, 1.165) is 30.0 Å². The molecular weight excluding hydrogens is 390 g/mol. The maximum atomic E-state index is 12.6. The van der Waals surface area contributed by atoms with Gasteiger partial charge < -0.3 is 10.1 Å². The van der Waals surface area contributed by atoms with Crippen LogP contribution in [-0.2, 0) is 23.4 Å². The molecule has 1 unspecified atom stereocenters. The summed E-state index contributed by atoms with van der Waals surface area (Å²) < 4.78 is 6.04. The molecule has 30 heavy (non-hydrogen) atoms. The van der Waals surface area contributed by atoms with E-state index < -0.39 is 6.10 Å². The number of thioether (sulfide) groups is 1. The lowest BCUT2D eigenvalue weighted by molar-refractivity contribution is -0.122. The highest BCUT2D eigenvalue weighted by Crippen LogP contribution is 2.30. The van der Waals surface area contributed by atoms with Gasteiger partial charge in [-0.05, 0) is 79.6 Å². The third-order valence-corrected chi connectivity index (χ3v) is 6.48. The van der Waals surface area contributed by atoms with Crippen LogP contribution in [0.4, 0.5) is 5.69 Å². The van der Waals surface area contributed by atoms with Crippen LogP contribution in [0, 0.1) is 0 Å². The van der Waals surface area contributed by atoms with Crippen LogP contribution >= 0.6 is 11.8 Å². The molecule has 0 bridgehead atoms. The molecule has 4 rings (SSSR count). The number of benzene rings is 3. The maximum absolute atomic E-state index is 12.6. The Morgan fingerprint density at radius 1 is 0.967 bits per heavy atom. The van der Waals surface area contributed by atoms with E-state index in [1.54, 1.807) is 11.8 Å². The molecule has 0 heterocycles. The summed E-state index contributed by atoms with van der Waals surface area (Å²) in [6.45, 7) is 1.81. The quantitative estimate of drug-likeness (QED) is 0.461. The topological polar surface area (TPSA) is 38.3 Å². The molecule has 1 aliphatic rings. The van der Waals surface area contributed by atoms with E-state index in [2.05, 4.69) is 47.8 Å². The number of fused-ring (bicyclic) bond motifs is 1. The van der Waals surface area contributed by atoms with Gasteiger partial charge in [0.05, 0.1) is 0 Å². The fourth-order valence-corrected chi connectivity index (χ4v) is 4.59. The zero-order chi connectivity index (χ0) is 20.8. The highest BCUT2D eigenvalue weighted by atomic mass is 32.2. The molecule has 0 radical (unpaired) electrons. The Balaban J connectivity index is 1.32. The van der Waals surface area contributed by atoms with E-state index in [9.17, 15) is 4.79 Å². The van der Waals surface area contributed by atoms with Gasteiger partial charge >= 0.3 is 0 Å². The zero-order valence-electron chi connectivity index (χ0n) is 17.3. The van der Waals surface area contributed by atoms with Crippen LogP contribution in [0.15, 0.2) is 77.7 Å². The summed E-state index contributed by atoms with van der Waals surface area (Å²) >= 11 is 1.80. The highest BCUT2D eigenvalue weighted by Gasteiger charge is 2.19. The van der Waals surface area contributed by atoms with Gasteiger partial charge in [-0.15, -0.1) is 11.8 Å². The van der Waals surface area contributed by atoms with Gasteiger partial charge in [-0.3, -0.25) is 4.79 Å². The summed E-state index contributed by atoms with van der Waals surface area (Å²) in [5.74, 6) is 1.62. The molecule has 4 heteroatoms. The lowest BCUT2D eigenvalue weighted by Crippen LogP contribution is -2.30. The van der Waals surface area contributed by atoms with Crippen LogP contribution in [-0.4, -0.2) is 12.0 Å². The van der Waals surface area contributed by atoms with Crippen molar-refractivity contribution < 1.29 is 9.53 Å². The first kappa shape index (κ1) is 20.5. The lowest BCUT2D eigenvalue weighted by atomic mass is 9.91. The smallest absolute Gasteiger partial charge is 0.265 e. The van der Waals surface area contributed by atoms with E-state index in [-0.39, 0.29) is 5.91 Å². The highest BCUT2D eigenvalue weighted by molar-refractivity contribution is 7.98. The van der Waals surface area contributed by atoms with Crippen molar-refractivity contribution in [3.8, 4) is 5.75 Å². The lowest BCUT2D eigenvalue weighted by Gasteiger charge is -2.22. The Labute approximate surface area is 182 Å². The van der Waals surface area contributed by atoms with Crippen molar-refractivity contribution in [2.24, 2.45) is 0 Å². The molecule has 0 spiro atoms. The maximum Gasteiger partial charge on any atom is 0.265 e. The van der Waals surface area contributed by atoms with Gasteiger partial charge in [-0.25, -0.2) is 0 Å². The summed E-state index contributed by atoms with van der Waals surface area (Å²) in [7, 11) is 0. The summed E-state index contributed by atoms with van der Waals surface area (Å²) in [6, 6.07) is 24.6. The second kappa shape index (κ2) is 9.86. The van der Waals surface area contributed by atoms with Crippen LogP contribution in [0.2, 0.25) is 0 Å². The van der Waals surface area contributed by atoms with Crippen LogP contribution < -0.4 is 10.1 Å². The van der Waals surface area contributed by atoms with Crippen molar-refractivity contribution in [2.75, 3.05) is 5.32 Å². The Morgan fingerprint density at radius 3 is 2.53 bits per heavy atom. The van der Waals surface area contributed by atoms with Crippen LogP contribution in [0.5, 0.6) is 5.75 Å². The molecule has 3 nitrogen and oxygen atoms in total. The standard InChI is InChI=1S/C26H27NO2S/c1-19(29-25-13-7-9-21-8-5-6-12-24(21)25)26(28)27-22-16-14-20(15-17-22)18-30-23-10-3-2-4-11-23/h2-4,7,9-11,13-17,19H,5-6,8,12,18H2,1H3,(H,27,28). The second-order valence-corrected chi connectivity index (χ2v) is 8.70. The molecular formula is C26H27NO2S. The summed E-state index contributed by atoms with van der Waals surface area (Å²) in [5.41, 5.74) is 4.64. The Bertz CT molecular complexity index is 986. The van der Waals surface area contributed by atoms with Crippen molar-refractivity contribution in [1.29, 1.82) is 0 Å². The van der Waals surface area contributed by atoms with Gasteiger partial charge in [-0.1, -0.05) is 42.5 Å². The second-order valence-electron chi connectivity index (χ2n) is 7.65. The molecule has 0 aliphatic heterocycles. The number of ether oxygens (including phenoxy) is 1. The molecule has 1 N–H and O–H groups in total. The fourth-order valence-electron chi connectivity index (χ4n) is 3.71. The number of nitrogens with one attached hydrogen (secondary N) is 1. The molecule has 0 saturated heterocycles. The minimum Gasteiger partial charge on any atom is -0.481 e. The first-order valence-electron chi connectivity index (χ1n) is 10.5. The van der Waals surface area contributed by atoms with E-state index >= 15 is 0 Å². The van der Waals surface area contributed by atoms with Gasteiger partial charge in [0.2, 0.25) is 0 Å². The number of carbonyl (C=O) groups excluding carboxylic acids is 1.